The molecule has 0 atom stereocenters. The van der Waals surface area contributed by atoms with E-state index < -0.39 is 0 Å². The van der Waals surface area contributed by atoms with E-state index in [9.17, 15) is 0 Å². The Kier molecular flexibility index (Phi) is 6.91. The molecule has 31 heavy (non-hydrogen) atoms. The second-order valence-corrected chi connectivity index (χ2v) is 8.70. The van der Waals surface area contributed by atoms with Crippen LogP contribution in [-0.4, -0.2) is 7.11 Å². The highest BCUT2D eigenvalue weighted by molar-refractivity contribution is 9.10. The topological polar surface area (TPSA) is 30.5 Å². The van der Waals surface area contributed by atoms with Gasteiger partial charge in [-0.3, -0.25) is 0 Å². The van der Waals surface area contributed by atoms with Gasteiger partial charge in [-0.05, 0) is 41.3 Å². The molecule has 0 spiro atoms. The average molecular weight is 517 g/mol. The van der Waals surface area contributed by atoms with Crippen molar-refractivity contribution in [2.45, 2.75) is 13.2 Å². The smallest absolute Gasteiger partial charge is 0.162 e. The lowest BCUT2D eigenvalue weighted by Crippen LogP contribution is -2.03. The summed E-state index contributed by atoms with van der Waals surface area (Å²) in [6.45, 7) is 0.945. The van der Waals surface area contributed by atoms with Crippen molar-refractivity contribution in [3.05, 3.63) is 98.4 Å². The van der Waals surface area contributed by atoms with Crippen LogP contribution in [0.2, 0.25) is 10.0 Å². The molecule has 0 aliphatic rings. The number of benzene rings is 4. The molecule has 6 heteroatoms. The summed E-state index contributed by atoms with van der Waals surface area (Å²) in [7, 11) is 1.63. The van der Waals surface area contributed by atoms with E-state index in [1.54, 1.807) is 19.2 Å². The normalized spacial score (nSPS) is 10.8. The van der Waals surface area contributed by atoms with Crippen LogP contribution in [-0.2, 0) is 13.2 Å². The van der Waals surface area contributed by atoms with Gasteiger partial charge in [-0.1, -0.05) is 81.6 Å². The summed E-state index contributed by atoms with van der Waals surface area (Å²) in [4.78, 5) is 0. The van der Waals surface area contributed by atoms with Crippen molar-refractivity contribution >= 4 is 55.6 Å². The number of hydrogen-bond acceptors (Lipinski definition) is 3. The van der Waals surface area contributed by atoms with E-state index in [4.69, 9.17) is 32.7 Å². The fourth-order valence-corrected chi connectivity index (χ4v) is 4.27. The fourth-order valence-electron chi connectivity index (χ4n) is 3.35. The Morgan fingerprint density at radius 2 is 1.68 bits per heavy atom. The van der Waals surface area contributed by atoms with Gasteiger partial charge in [-0.15, -0.1) is 0 Å². The number of halogens is 3. The third-order valence-corrected chi connectivity index (χ3v) is 6.32. The van der Waals surface area contributed by atoms with E-state index in [2.05, 4.69) is 51.6 Å². The molecule has 0 saturated heterocycles. The van der Waals surface area contributed by atoms with E-state index in [0.29, 0.717) is 34.7 Å². The number of hydrogen-bond donors (Lipinski definition) is 1. The summed E-state index contributed by atoms with van der Waals surface area (Å²) in [5, 5.41) is 7.09. The molecule has 0 amide bonds. The summed E-state index contributed by atoms with van der Waals surface area (Å²) >= 11 is 15.9. The highest BCUT2D eigenvalue weighted by Gasteiger charge is 2.12. The second-order valence-electron chi connectivity index (χ2n) is 7.00. The highest BCUT2D eigenvalue weighted by atomic mass is 79.9. The molecule has 0 bridgehead atoms. The van der Waals surface area contributed by atoms with Gasteiger partial charge >= 0.3 is 0 Å². The molecule has 0 aromatic heterocycles. The van der Waals surface area contributed by atoms with Gasteiger partial charge in [0.15, 0.2) is 11.5 Å². The second kappa shape index (κ2) is 9.82. The van der Waals surface area contributed by atoms with Gasteiger partial charge in [0.2, 0.25) is 0 Å². The Bertz CT molecular complexity index is 1220. The van der Waals surface area contributed by atoms with E-state index >= 15 is 0 Å². The van der Waals surface area contributed by atoms with Crippen LogP contribution in [0.15, 0.2) is 77.3 Å². The molecule has 1 N–H and O–H groups in total. The summed E-state index contributed by atoms with van der Waals surface area (Å²) in [6.07, 6.45) is 0. The summed E-state index contributed by atoms with van der Waals surface area (Å²) in [5.41, 5.74) is 2.99. The molecule has 0 fully saturated rings. The van der Waals surface area contributed by atoms with Crippen LogP contribution in [0.25, 0.3) is 10.8 Å². The first-order valence-corrected chi connectivity index (χ1v) is 11.2. The Labute approximate surface area is 200 Å². The highest BCUT2D eigenvalue weighted by Crippen LogP contribution is 2.35. The van der Waals surface area contributed by atoms with Crippen molar-refractivity contribution < 1.29 is 9.47 Å². The van der Waals surface area contributed by atoms with Crippen LogP contribution < -0.4 is 14.8 Å². The molecular weight excluding hydrogens is 497 g/mol. The molecule has 0 saturated carbocycles. The quantitative estimate of drug-likeness (QED) is 0.269. The average Bonchev–Trinajstić information content (AvgIpc) is 2.78. The van der Waals surface area contributed by atoms with Crippen LogP contribution in [0.5, 0.6) is 11.5 Å². The van der Waals surface area contributed by atoms with Crippen molar-refractivity contribution in [1.82, 2.24) is 0 Å². The Morgan fingerprint density at radius 3 is 2.48 bits per heavy atom. The standard InChI is InChI=1S/C25H20BrCl2NO2/c1-30-24-11-18(14-29-23-8-4-6-16-5-2-3-7-20(16)23)21(26)13-25(24)31-15-17-9-10-19(27)12-22(17)28/h2-13,29H,14-15H2,1H3. The maximum absolute atomic E-state index is 6.25. The van der Waals surface area contributed by atoms with Crippen LogP contribution in [0, 0.1) is 0 Å². The van der Waals surface area contributed by atoms with Crippen molar-refractivity contribution in [3.8, 4) is 11.5 Å². The Balaban J connectivity index is 1.52. The SMILES string of the molecule is COc1cc(CNc2cccc3ccccc23)c(Br)cc1OCc1ccc(Cl)cc1Cl. The van der Waals surface area contributed by atoms with Gasteiger partial charge in [0.1, 0.15) is 6.61 Å². The molecule has 0 aliphatic carbocycles. The minimum atomic E-state index is 0.312. The molecule has 4 aromatic carbocycles. The van der Waals surface area contributed by atoms with Crippen LogP contribution in [0.3, 0.4) is 0 Å². The molecule has 0 heterocycles. The predicted octanol–water partition coefficient (Wildman–Crippen LogP) is 8.11. The number of methoxy groups -OCH3 is 1. The first kappa shape index (κ1) is 21.8. The summed E-state index contributed by atoms with van der Waals surface area (Å²) in [6, 6.07) is 23.8. The van der Waals surface area contributed by atoms with E-state index in [-0.39, 0.29) is 0 Å². The minimum absolute atomic E-state index is 0.312. The summed E-state index contributed by atoms with van der Waals surface area (Å²) < 4.78 is 12.5. The third-order valence-electron chi connectivity index (χ3n) is 4.99. The minimum Gasteiger partial charge on any atom is -0.493 e. The maximum Gasteiger partial charge on any atom is 0.162 e. The van der Waals surface area contributed by atoms with Gasteiger partial charge in [-0.25, -0.2) is 0 Å². The van der Waals surface area contributed by atoms with Crippen LogP contribution >= 0.6 is 39.1 Å². The van der Waals surface area contributed by atoms with Crippen LogP contribution in [0.4, 0.5) is 5.69 Å². The van der Waals surface area contributed by atoms with Gasteiger partial charge < -0.3 is 14.8 Å². The Morgan fingerprint density at radius 1 is 0.871 bits per heavy atom. The maximum atomic E-state index is 6.25. The number of nitrogens with one attached hydrogen (secondary N) is 1. The van der Waals surface area contributed by atoms with Gasteiger partial charge in [0, 0.05) is 37.7 Å². The lowest BCUT2D eigenvalue weighted by atomic mass is 10.1. The first-order valence-electron chi connectivity index (χ1n) is 9.70. The van der Waals surface area contributed by atoms with Gasteiger partial charge in [0.25, 0.3) is 0 Å². The molecule has 4 rings (SSSR count). The zero-order valence-corrected chi connectivity index (χ0v) is 19.9. The largest absolute Gasteiger partial charge is 0.493 e. The monoisotopic (exact) mass is 515 g/mol. The molecule has 0 unspecified atom stereocenters. The number of fused-ring (bicyclic) bond motifs is 1. The number of anilines is 1. The molecule has 158 valence electrons. The molecule has 4 aromatic rings. The van der Waals surface area contributed by atoms with Crippen LogP contribution in [0.1, 0.15) is 11.1 Å². The first-order chi connectivity index (χ1) is 15.0. The lowest BCUT2D eigenvalue weighted by molar-refractivity contribution is 0.284. The van der Waals surface area contributed by atoms with Crippen molar-refractivity contribution in [2.24, 2.45) is 0 Å². The zero-order chi connectivity index (χ0) is 21.8. The fraction of sp³-hybridized carbons (Fsp3) is 0.120. The molecular formula is C25H20BrCl2NO2. The van der Waals surface area contributed by atoms with Crippen molar-refractivity contribution in [3.63, 3.8) is 0 Å². The van der Waals surface area contributed by atoms with Gasteiger partial charge in [-0.2, -0.15) is 0 Å². The third kappa shape index (κ3) is 5.09. The number of rotatable bonds is 7. The van der Waals surface area contributed by atoms with E-state index in [1.807, 2.05) is 30.3 Å². The molecule has 3 nitrogen and oxygen atoms in total. The van der Waals surface area contributed by atoms with Crippen molar-refractivity contribution in [2.75, 3.05) is 12.4 Å². The predicted molar refractivity (Wildman–Crippen MR) is 133 cm³/mol. The zero-order valence-electron chi connectivity index (χ0n) is 16.8. The Hall–Kier alpha value is -2.40. The van der Waals surface area contributed by atoms with E-state index in [1.165, 1.54) is 10.8 Å². The summed E-state index contributed by atoms with van der Waals surface area (Å²) in [5.74, 6) is 1.29. The van der Waals surface area contributed by atoms with E-state index in [0.717, 1.165) is 21.3 Å². The van der Waals surface area contributed by atoms with Gasteiger partial charge in [0.05, 0.1) is 7.11 Å². The molecule has 0 radical (unpaired) electrons. The lowest BCUT2D eigenvalue weighted by Gasteiger charge is -2.16. The van der Waals surface area contributed by atoms with Crippen molar-refractivity contribution in [1.29, 1.82) is 0 Å². The number of ether oxygens (including phenoxy) is 2. The molecule has 0 aliphatic heterocycles.